The van der Waals surface area contributed by atoms with E-state index in [0.717, 1.165) is 0 Å². The fourth-order valence-electron chi connectivity index (χ4n) is 1.73. The average molecular weight is 300 g/mol. The summed E-state index contributed by atoms with van der Waals surface area (Å²) in [6, 6.07) is 8.35. The minimum atomic E-state index is -4.06. The second kappa shape index (κ2) is 7.25. The molecule has 0 saturated carbocycles. The highest BCUT2D eigenvalue weighted by Gasteiger charge is 2.28. The Hall–Kier alpha value is -1.60. The van der Waals surface area contributed by atoms with E-state index in [-0.39, 0.29) is 12.6 Å². The molecule has 7 heteroatoms. The molecule has 0 aliphatic heterocycles. The highest BCUT2D eigenvalue weighted by atomic mass is 32.2. The van der Waals surface area contributed by atoms with E-state index in [1.807, 2.05) is 13.8 Å². The van der Waals surface area contributed by atoms with E-state index < -0.39 is 16.3 Å². The molecule has 0 aromatic heterocycles. The van der Waals surface area contributed by atoms with Gasteiger partial charge in [-0.25, -0.2) is 4.79 Å². The molecule has 0 radical (unpaired) electrons. The Morgan fingerprint density at radius 1 is 1.25 bits per heavy atom. The van der Waals surface area contributed by atoms with Gasteiger partial charge in [-0.05, 0) is 18.4 Å². The fraction of sp³-hybridized carbons (Fsp3) is 0.462. The van der Waals surface area contributed by atoms with E-state index >= 15 is 0 Å². The second-order valence-corrected chi connectivity index (χ2v) is 6.04. The van der Waals surface area contributed by atoms with Crippen LogP contribution in [0.4, 0.5) is 4.79 Å². The molecule has 0 atom stereocenters. The maximum Gasteiger partial charge on any atom is 0.422 e. The molecule has 20 heavy (non-hydrogen) atoms. The van der Waals surface area contributed by atoms with Crippen molar-refractivity contribution in [2.75, 3.05) is 0 Å². The van der Waals surface area contributed by atoms with Gasteiger partial charge in [-0.3, -0.25) is 0 Å². The molecule has 0 saturated heterocycles. The highest BCUT2D eigenvalue weighted by Crippen LogP contribution is 2.10. The molecule has 0 fully saturated rings. The Morgan fingerprint density at radius 3 is 2.25 bits per heavy atom. The van der Waals surface area contributed by atoms with Crippen LogP contribution in [0.1, 0.15) is 32.3 Å². The number of hydrogen-bond acceptors (Lipinski definition) is 3. The molecule has 0 bridgehead atoms. The smallest absolute Gasteiger partial charge is 0.422 e. The van der Waals surface area contributed by atoms with Crippen molar-refractivity contribution in [3.05, 3.63) is 35.9 Å². The van der Waals surface area contributed by atoms with E-state index in [1.165, 1.54) is 0 Å². The van der Waals surface area contributed by atoms with Gasteiger partial charge in [0.15, 0.2) is 0 Å². The van der Waals surface area contributed by atoms with Gasteiger partial charge in [0.05, 0.1) is 6.54 Å². The van der Waals surface area contributed by atoms with E-state index in [2.05, 4.69) is 4.72 Å². The van der Waals surface area contributed by atoms with Gasteiger partial charge in [0, 0.05) is 6.04 Å². The zero-order valence-electron chi connectivity index (χ0n) is 11.6. The molecule has 0 heterocycles. The summed E-state index contributed by atoms with van der Waals surface area (Å²) >= 11 is 0. The van der Waals surface area contributed by atoms with Crippen molar-refractivity contribution >= 4 is 16.3 Å². The molecule has 1 aromatic carbocycles. The lowest BCUT2D eigenvalue weighted by molar-refractivity contribution is 0.170. The SMILES string of the molecule is CCC(CC)NS(=O)(=O)N(Cc1ccccc1)C(=O)O. The Morgan fingerprint density at radius 2 is 1.80 bits per heavy atom. The largest absolute Gasteiger partial charge is 0.464 e. The first-order valence-corrected chi connectivity index (χ1v) is 7.91. The molecule has 0 aliphatic carbocycles. The van der Waals surface area contributed by atoms with Crippen LogP contribution in [0, 0.1) is 0 Å². The van der Waals surface area contributed by atoms with Crippen molar-refractivity contribution in [2.45, 2.75) is 39.3 Å². The average Bonchev–Trinajstić information content (AvgIpc) is 2.42. The molecule has 1 aromatic rings. The predicted octanol–water partition coefficient (Wildman–Crippen LogP) is 2.19. The Labute approximate surface area is 119 Å². The number of nitrogens with zero attached hydrogens (tertiary/aromatic N) is 1. The van der Waals surface area contributed by atoms with Gasteiger partial charge < -0.3 is 5.11 Å². The van der Waals surface area contributed by atoms with Gasteiger partial charge in [-0.2, -0.15) is 17.4 Å². The van der Waals surface area contributed by atoms with Crippen molar-refractivity contribution in [1.29, 1.82) is 0 Å². The number of hydrogen-bond donors (Lipinski definition) is 2. The van der Waals surface area contributed by atoms with Crippen molar-refractivity contribution in [1.82, 2.24) is 9.03 Å². The molecular weight excluding hydrogens is 280 g/mol. The number of nitrogens with one attached hydrogen (secondary N) is 1. The summed E-state index contributed by atoms with van der Waals surface area (Å²) in [4.78, 5) is 11.2. The van der Waals surface area contributed by atoms with Crippen LogP contribution in [0.5, 0.6) is 0 Å². The number of rotatable bonds is 7. The second-order valence-electron chi connectivity index (χ2n) is 4.41. The normalized spacial score (nSPS) is 11.6. The third kappa shape index (κ3) is 4.50. The number of carbonyl (C=O) groups is 1. The topological polar surface area (TPSA) is 86.7 Å². The zero-order chi connectivity index (χ0) is 15.2. The van der Waals surface area contributed by atoms with E-state index in [9.17, 15) is 13.2 Å². The molecule has 1 amide bonds. The zero-order valence-corrected chi connectivity index (χ0v) is 12.4. The molecule has 2 N–H and O–H groups in total. The van der Waals surface area contributed by atoms with Gasteiger partial charge in [-0.15, -0.1) is 0 Å². The molecule has 0 spiro atoms. The van der Waals surface area contributed by atoms with Crippen molar-refractivity contribution in [2.24, 2.45) is 0 Å². The maximum atomic E-state index is 12.1. The summed E-state index contributed by atoms with van der Waals surface area (Å²) in [6.45, 7) is 3.49. The predicted molar refractivity (Wildman–Crippen MR) is 76.4 cm³/mol. The molecule has 0 aliphatic rings. The molecule has 1 rings (SSSR count). The molecule has 0 unspecified atom stereocenters. The fourth-order valence-corrected chi connectivity index (χ4v) is 3.14. The van der Waals surface area contributed by atoms with Crippen LogP contribution in [0.2, 0.25) is 0 Å². The van der Waals surface area contributed by atoms with E-state index in [0.29, 0.717) is 22.7 Å². The summed E-state index contributed by atoms with van der Waals surface area (Å²) in [7, 11) is -4.06. The molecule has 112 valence electrons. The summed E-state index contributed by atoms with van der Waals surface area (Å²) < 4.78 is 27.1. The number of benzene rings is 1. The van der Waals surface area contributed by atoms with Gasteiger partial charge >= 0.3 is 16.3 Å². The molecular formula is C13H20N2O4S. The van der Waals surface area contributed by atoms with E-state index in [1.54, 1.807) is 30.3 Å². The lowest BCUT2D eigenvalue weighted by atomic mass is 10.2. The summed E-state index contributed by atoms with van der Waals surface area (Å²) in [5.74, 6) is 0. The summed E-state index contributed by atoms with van der Waals surface area (Å²) in [5, 5.41) is 9.14. The van der Waals surface area contributed by atoms with Crippen LogP contribution in [0.3, 0.4) is 0 Å². The van der Waals surface area contributed by atoms with Crippen molar-refractivity contribution < 1.29 is 18.3 Å². The lowest BCUT2D eigenvalue weighted by Crippen LogP contribution is -2.46. The minimum absolute atomic E-state index is 0.203. The van der Waals surface area contributed by atoms with Crippen LogP contribution in [0.25, 0.3) is 0 Å². The van der Waals surface area contributed by atoms with Crippen LogP contribution >= 0.6 is 0 Å². The summed E-state index contributed by atoms with van der Waals surface area (Å²) in [6.07, 6.45) is -0.282. The summed E-state index contributed by atoms with van der Waals surface area (Å²) in [5.41, 5.74) is 0.616. The number of carboxylic acid groups (broad SMARTS) is 1. The van der Waals surface area contributed by atoms with Gasteiger partial charge in [-0.1, -0.05) is 44.2 Å². The van der Waals surface area contributed by atoms with Gasteiger partial charge in [0.25, 0.3) is 0 Å². The monoisotopic (exact) mass is 300 g/mol. The lowest BCUT2D eigenvalue weighted by Gasteiger charge is -2.23. The van der Waals surface area contributed by atoms with Crippen molar-refractivity contribution in [3.63, 3.8) is 0 Å². The molecule has 6 nitrogen and oxygen atoms in total. The van der Waals surface area contributed by atoms with Gasteiger partial charge in [0.2, 0.25) is 0 Å². The third-order valence-electron chi connectivity index (χ3n) is 2.97. The standard InChI is InChI=1S/C13H20N2O4S/c1-3-12(4-2)14-20(18,19)15(13(16)17)10-11-8-6-5-7-9-11/h5-9,12,14H,3-4,10H2,1-2H3,(H,16,17). The van der Waals surface area contributed by atoms with E-state index in [4.69, 9.17) is 5.11 Å². The first kappa shape index (κ1) is 16.5. The Balaban J connectivity index is 2.93. The first-order chi connectivity index (χ1) is 9.40. The van der Waals surface area contributed by atoms with Crippen LogP contribution < -0.4 is 4.72 Å². The van der Waals surface area contributed by atoms with Gasteiger partial charge in [0.1, 0.15) is 0 Å². The van der Waals surface area contributed by atoms with Crippen molar-refractivity contribution in [3.8, 4) is 0 Å². The Bertz CT molecular complexity index is 527. The van der Waals surface area contributed by atoms with Crippen LogP contribution in [0.15, 0.2) is 30.3 Å². The van der Waals surface area contributed by atoms with Crippen LogP contribution in [-0.4, -0.2) is 30.0 Å². The number of amides is 1. The Kier molecular flexibility index (Phi) is 5.97. The minimum Gasteiger partial charge on any atom is -0.464 e. The quantitative estimate of drug-likeness (QED) is 0.808. The third-order valence-corrected chi connectivity index (χ3v) is 4.47. The highest BCUT2D eigenvalue weighted by molar-refractivity contribution is 7.87. The van der Waals surface area contributed by atoms with Crippen LogP contribution in [-0.2, 0) is 16.8 Å². The maximum absolute atomic E-state index is 12.1. The first-order valence-electron chi connectivity index (χ1n) is 6.47.